The van der Waals surface area contributed by atoms with Crippen LogP contribution in [0.25, 0.3) is 16.5 Å². The highest BCUT2D eigenvalue weighted by atomic mass is 35.5. The summed E-state index contributed by atoms with van der Waals surface area (Å²) in [5.41, 5.74) is 8.51. The Morgan fingerprint density at radius 2 is 1.80 bits per heavy atom. The van der Waals surface area contributed by atoms with Gasteiger partial charge in [0.15, 0.2) is 0 Å². The lowest BCUT2D eigenvalue weighted by molar-refractivity contribution is -0.147. The SMILES string of the molecule is CC(C)(C)OC(=O)C(=C1CNN(c2ccc(N)cc2)C1=O)c1c(C(=O)O)[nH]c2cc(Cl)cc(Cl)c12. The topological polar surface area (TPSA) is 138 Å². The number of nitrogens with zero attached hydrogens (tertiary/aromatic N) is 1. The number of esters is 1. The quantitative estimate of drug-likeness (QED) is 0.229. The number of aromatic amines is 1. The molecule has 1 saturated heterocycles. The Balaban J connectivity index is 1.99. The van der Waals surface area contributed by atoms with Gasteiger partial charge in [0.2, 0.25) is 0 Å². The third kappa shape index (κ3) is 4.70. The third-order valence-electron chi connectivity index (χ3n) is 5.21. The van der Waals surface area contributed by atoms with E-state index < -0.39 is 23.4 Å². The van der Waals surface area contributed by atoms with Crippen LogP contribution in [0.1, 0.15) is 36.8 Å². The Morgan fingerprint density at radius 1 is 1.14 bits per heavy atom. The van der Waals surface area contributed by atoms with E-state index in [2.05, 4.69) is 10.4 Å². The highest BCUT2D eigenvalue weighted by molar-refractivity contribution is 6.41. The minimum atomic E-state index is -1.35. The van der Waals surface area contributed by atoms with Gasteiger partial charge in [0.05, 0.1) is 16.3 Å². The Morgan fingerprint density at radius 3 is 2.40 bits per heavy atom. The zero-order chi connectivity index (χ0) is 25.7. The smallest absolute Gasteiger partial charge is 0.352 e. The van der Waals surface area contributed by atoms with Crippen molar-refractivity contribution in [3.05, 3.63) is 63.3 Å². The number of ether oxygens (including phenoxy) is 1. The lowest BCUT2D eigenvalue weighted by Gasteiger charge is -2.21. The Labute approximate surface area is 210 Å². The van der Waals surface area contributed by atoms with Crippen molar-refractivity contribution < 1.29 is 24.2 Å². The molecule has 5 N–H and O–H groups in total. The fourth-order valence-corrected chi connectivity index (χ4v) is 4.42. The molecule has 3 aromatic rings. The number of hydrazine groups is 1. The lowest BCUT2D eigenvalue weighted by Crippen LogP contribution is -2.34. The number of hydrogen-bond donors (Lipinski definition) is 4. The van der Waals surface area contributed by atoms with E-state index in [1.165, 1.54) is 17.1 Å². The standard InChI is InChI=1S/C24H22Cl2N4O5/c1-24(2,3)35-23(34)17(14-10-28-30(21(14)31)13-6-4-12(27)5-7-13)19-18-15(26)8-11(25)9-16(18)29-20(19)22(32)33/h4-9,28-29H,10,27H2,1-3H3,(H,32,33). The molecule has 1 amide bonds. The molecule has 182 valence electrons. The molecule has 0 atom stereocenters. The summed E-state index contributed by atoms with van der Waals surface area (Å²) in [7, 11) is 0. The van der Waals surface area contributed by atoms with Crippen molar-refractivity contribution >= 4 is 68.9 Å². The third-order valence-corrected chi connectivity index (χ3v) is 5.73. The number of nitrogens with one attached hydrogen (secondary N) is 2. The van der Waals surface area contributed by atoms with Crippen LogP contribution in [-0.4, -0.2) is 40.1 Å². The summed E-state index contributed by atoms with van der Waals surface area (Å²) in [6, 6.07) is 9.47. The number of carboxylic acids is 1. The van der Waals surface area contributed by atoms with E-state index in [1.54, 1.807) is 45.0 Å². The van der Waals surface area contributed by atoms with Gasteiger partial charge in [-0.3, -0.25) is 4.79 Å². The molecule has 35 heavy (non-hydrogen) atoms. The van der Waals surface area contributed by atoms with E-state index in [1.807, 2.05) is 0 Å². The molecule has 0 bridgehead atoms. The van der Waals surface area contributed by atoms with Crippen LogP contribution in [0.2, 0.25) is 10.0 Å². The number of carboxylic acid groups (broad SMARTS) is 1. The predicted octanol–water partition coefficient (Wildman–Crippen LogP) is 4.40. The second-order valence-electron chi connectivity index (χ2n) is 8.91. The molecule has 9 nitrogen and oxygen atoms in total. The number of fused-ring (bicyclic) bond motifs is 1. The molecular weight excluding hydrogens is 495 g/mol. The number of carbonyl (C=O) groups is 3. The summed E-state index contributed by atoms with van der Waals surface area (Å²) < 4.78 is 5.60. The number of aromatic carboxylic acids is 1. The minimum Gasteiger partial charge on any atom is -0.477 e. The number of aromatic nitrogens is 1. The number of rotatable bonds is 4. The van der Waals surface area contributed by atoms with Gasteiger partial charge >= 0.3 is 11.9 Å². The molecule has 0 saturated carbocycles. The molecule has 0 radical (unpaired) electrons. The van der Waals surface area contributed by atoms with E-state index in [4.69, 9.17) is 33.7 Å². The zero-order valence-electron chi connectivity index (χ0n) is 19.0. The number of benzene rings is 2. The molecule has 2 heterocycles. The first kappa shape index (κ1) is 24.6. The molecule has 2 aromatic carbocycles. The first-order valence-electron chi connectivity index (χ1n) is 10.5. The molecule has 1 aliphatic heterocycles. The van der Waals surface area contributed by atoms with Gasteiger partial charge in [-0.15, -0.1) is 0 Å². The first-order chi connectivity index (χ1) is 16.4. The maximum Gasteiger partial charge on any atom is 0.352 e. The van der Waals surface area contributed by atoms with Gasteiger partial charge in [0.1, 0.15) is 11.3 Å². The van der Waals surface area contributed by atoms with Crippen LogP contribution in [-0.2, 0) is 14.3 Å². The summed E-state index contributed by atoms with van der Waals surface area (Å²) in [6.45, 7) is 4.95. The molecule has 11 heteroatoms. The van der Waals surface area contributed by atoms with Crippen LogP contribution in [0.4, 0.5) is 11.4 Å². The Bertz CT molecular complexity index is 1400. The number of nitrogen functional groups attached to an aromatic ring is 1. The van der Waals surface area contributed by atoms with Crippen LogP contribution >= 0.6 is 23.2 Å². The highest BCUT2D eigenvalue weighted by Crippen LogP contribution is 2.39. The normalized spacial score (nSPS) is 15.6. The number of amides is 1. The molecule has 1 aromatic heterocycles. The van der Waals surface area contributed by atoms with E-state index in [0.29, 0.717) is 16.9 Å². The number of carbonyl (C=O) groups excluding carboxylic acids is 2. The van der Waals surface area contributed by atoms with Gasteiger partial charge < -0.3 is 20.6 Å². The van der Waals surface area contributed by atoms with Gasteiger partial charge in [0.25, 0.3) is 5.91 Å². The van der Waals surface area contributed by atoms with Crippen molar-refractivity contribution in [3.8, 4) is 0 Å². The van der Waals surface area contributed by atoms with Crippen molar-refractivity contribution in [1.82, 2.24) is 10.4 Å². The monoisotopic (exact) mass is 516 g/mol. The average molecular weight is 517 g/mol. The molecular formula is C24H22Cl2N4O5. The van der Waals surface area contributed by atoms with Gasteiger partial charge in [-0.1, -0.05) is 23.2 Å². The molecule has 0 aliphatic carbocycles. The molecule has 0 unspecified atom stereocenters. The second kappa shape index (κ2) is 8.92. The molecule has 1 fully saturated rings. The summed E-state index contributed by atoms with van der Waals surface area (Å²) in [4.78, 5) is 42.0. The second-order valence-corrected chi connectivity index (χ2v) is 9.76. The minimum absolute atomic E-state index is 0.0190. The van der Waals surface area contributed by atoms with E-state index in [9.17, 15) is 19.5 Å². The van der Waals surface area contributed by atoms with Gasteiger partial charge in [-0.05, 0) is 57.2 Å². The number of anilines is 2. The van der Waals surface area contributed by atoms with Crippen molar-refractivity contribution in [2.24, 2.45) is 0 Å². The fourth-order valence-electron chi connectivity index (χ4n) is 3.83. The largest absolute Gasteiger partial charge is 0.477 e. The summed E-state index contributed by atoms with van der Waals surface area (Å²) in [6.07, 6.45) is 0. The van der Waals surface area contributed by atoms with E-state index in [-0.39, 0.29) is 44.4 Å². The van der Waals surface area contributed by atoms with Crippen LogP contribution in [0, 0.1) is 0 Å². The van der Waals surface area contributed by atoms with Crippen LogP contribution in [0.15, 0.2) is 42.0 Å². The van der Waals surface area contributed by atoms with Crippen LogP contribution in [0.3, 0.4) is 0 Å². The highest BCUT2D eigenvalue weighted by Gasteiger charge is 2.38. The van der Waals surface area contributed by atoms with Gasteiger partial charge in [-0.2, -0.15) is 0 Å². The maximum atomic E-state index is 13.5. The van der Waals surface area contributed by atoms with Crippen LogP contribution < -0.4 is 16.2 Å². The van der Waals surface area contributed by atoms with Gasteiger partial charge in [0, 0.05) is 39.3 Å². The van der Waals surface area contributed by atoms with E-state index >= 15 is 0 Å². The predicted molar refractivity (Wildman–Crippen MR) is 134 cm³/mol. The van der Waals surface area contributed by atoms with Crippen molar-refractivity contribution in [1.29, 1.82) is 0 Å². The summed E-state index contributed by atoms with van der Waals surface area (Å²) >= 11 is 12.6. The molecule has 1 aliphatic rings. The van der Waals surface area contributed by atoms with Crippen molar-refractivity contribution in [3.63, 3.8) is 0 Å². The zero-order valence-corrected chi connectivity index (χ0v) is 20.5. The average Bonchev–Trinajstić information content (AvgIpc) is 3.29. The molecule has 0 spiro atoms. The summed E-state index contributed by atoms with van der Waals surface area (Å²) in [5.74, 6) is -2.76. The number of halogens is 2. The Hall–Kier alpha value is -3.53. The number of hydrogen-bond acceptors (Lipinski definition) is 6. The Kier molecular flexibility index (Phi) is 6.27. The fraction of sp³-hybridized carbons (Fsp3) is 0.208. The van der Waals surface area contributed by atoms with Crippen molar-refractivity contribution in [2.75, 3.05) is 17.3 Å². The number of H-pyrrole nitrogens is 1. The summed E-state index contributed by atoms with van der Waals surface area (Å²) in [5, 5.41) is 11.8. The number of nitrogens with two attached hydrogens (primary N) is 1. The first-order valence-corrected chi connectivity index (χ1v) is 11.3. The molecule has 4 rings (SSSR count). The van der Waals surface area contributed by atoms with Gasteiger partial charge in [-0.25, -0.2) is 20.0 Å². The van der Waals surface area contributed by atoms with Crippen molar-refractivity contribution in [2.45, 2.75) is 26.4 Å². The maximum absolute atomic E-state index is 13.5. The van der Waals surface area contributed by atoms with E-state index in [0.717, 1.165) is 0 Å². The lowest BCUT2D eigenvalue weighted by atomic mass is 9.96. The van der Waals surface area contributed by atoms with Crippen LogP contribution in [0.5, 0.6) is 0 Å².